The van der Waals surface area contributed by atoms with Crippen molar-refractivity contribution in [3.63, 3.8) is 0 Å². The smallest absolute Gasteiger partial charge is 0.408 e. The highest BCUT2D eigenvalue weighted by atomic mass is 32.1. The summed E-state index contributed by atoms with van der Waals surface area (Å²) < 4.78 is 5.27. The number of amides is 2. The minimum atomic E-state index is -1.11. The van der Waals surface area contributed by atoms with Crippen LogP contribution < -0.4 is 10.6 Å². The first-order chi connectivity index (χ1) is 15.2. The van der Waals surface area contributed by atoms with Gasteiger partial charge in [-0.05, 0) is 30.2 Å². The number of thiazole rings is 1. The molecule has 0 saturated carbocycles. The fraction of sp³-hybridized carbons (Fsp3) is 0.478. The zero-order valence-electron chi connectivity index (χ0n) is 18.8. The Bertz CT molecular complexity index is 898. The molecule has 0 aliphatic carbocycles. The first kappa shape index (κ1) is 25.3. The average molecular weight is 462 g/mol. The first-order valence-electron chi connectivity index (χ1n) is 10.6. The molecule has 2 unspecified atom stereocenters. The van der Waals surface area contributed by atoms with E-state index < -0.39 is 24.1 Å². The summed E-state index contributed by atoms with van der Waals surface area (Å²) in [5.74, 6) is -1.07. The summed E-state index contributed by atoms with van der Waals surface area (Å²) >= 11 is 1.20. The van der Waals surface area contributed by atoms with E-state index in [0.717, 1.165) is 5.56 Å². The molecule has 9 heteroatoms. The molecule has 3 N–H and O–H groups in total. The second-order valence-corrected chi connectivity index (χ2v) is 9.34. The lowest BCUT2D eigenvalue weighted by Gasteiger charge is -2.24. The van der Waals surface area contributed by atoms with Crippen molar-refractivity contribution in [2.45, 2.75) is 59.2 Å². The average Bonchev–Trinajstić information content (AvgIpc) is 3.22. The Labute approximate surface area is 192 Å². The number of carboxylic acids is 1. The highest BCUT2D eigenvalue weighted by molar-refractivity contribution is 7.09. The number of carboxylic acid groups (broad SMARTS) is 1. The van der Waals surface area contributed by atoms with Gasteiger partial charge in [-0.2, -0.15) is 0 Å². The van der Waals surface area contributed by atoms with Gasteiger partial charge in [0.2, 0.25) is 5.91 Å². The second kappa shape index (κ2) is 12.2. The molecule has 0 aliphatic heterocycles. The maximum absolute atomic E-state index is 13.1. The van der Waals surface area contributed by atoms with E-state index in [4.69, 9.17) is 9.84 Å². The number of aromatic carboxylic acids is 1. The first-order valence-corrected chi connectivity index (χ1v) is 11.5. The molecule has 1 aromatic heterocycles. The number of carbonyl (C=O) groups excluding carboxylic acids is 2. The largest absolute Gasteiger partial charge is 0.476 e. The van der Waals surface area contributed by atoms with Crippen molar-refractivity contribution in [3.05, 3.63) is 52.0 Å². The molecule has 0 aliphatic rings. The Morgan fingerprint density at radius 3 is 2.25 bits per heavy atom. The summed E-state index contributed by atoms with van der Waals surface area (Å²) in [7, 11) is 0. The van der Waals surface area contributed by atoms with Crippen LogP contribution in [0.2, 0.25) is 0 Å². The Balaban J connectivity index is 2.07. The molecule has 1 heterocycles. The monoisotopic (exact) mass is 461 g/mol. The fourth-order valence-electron chi connectivity index (χ4n) is 3.12. The van der Waals surface area contributed by atoms with Crippen molar-refractivity contribution in [3.8, 4) is 0 Å². The van der Waals surface area contributed by atoms with E-state index >= 15 is 0 Å². The zero-order chi connectivity index (χ0) is 23.7. The van der Waals surface area contributed by atoms with E-state index in [-0.39, 0.29) is 30.0 Å². The summed E-state index contributed by atoms with van der Waals surface area (Å²) in [5.41, 5.74) is 0.803. The SMILES string of the molecule is CC(C)CC(NC(=O)OCc1ccccc1)C(=O)NC(CC(C)C)c1nc(C(=O)O)cs1. The number of nitrogens with zero attached hydrogens (tertiary/aromatic N) is 1. The lowest BCUT2D eigenvalue weighted by Crippen LogP contribution is -2.48. The van der Waals surface area contributed by atoms with Gasteiger partial charge in [-0.1, -0.05) is 58.0 Å². The van der Waals surface area contributed by atoms with Crippen molar-refractivity contribution < 1.29 is 24.2 Å². The van der Waals surface area contributed by atoms with Gasteiger partial charge in [0, 0.05) is 5.38 Å². The van der Waals surface area contributed by atoms with E-state index in [1.54, 1.807) is 0 Å². The molecular weight excluding hydrogens is 430 g/mol. The van der Waals surface area contributed by atoms with Crippen LogP contribution in [0.1, 0.15) is 67.6 Å². The third kappa shape index (κ3) is 8.30. The van der Waals surface area contributed by atoms with Gasteiger partial charge in [0.25, 0.3) is 0 Å². The molecule has 2 aromatic rings. The molecule has 0 bridgehead atoms. The third-order valence-electron chi connectivity index (χ3n) is 4.59. The zero-order valence-corrected chi connectivity index (χ0v) is 19.6. The lowest BCUT2D eigenvalue weighted by atomic mass is 10.0. The molecule has 32 heavy (non-hydrogen) atoms. The van der Waals surface area contributed by atoms with E-state index in [1.807, 2.05) is 58.0 Å². The maximum atomic E-state index is 13.1. The third-order valence-corrected chi connectivity index (χ3v) is 5.55. The number of benzene rings is 1. The number of rotatable bonds is 11. The second-order valence-electron chi connectivity index (χ2n) is 8.46. The molecule has 0 radical (unpaired) electrons. The van der Waals surface area contributed by atoms with E-state index in [9.17, 15) is 14.4 Å². The minimum Gasteiger partial charge on any atom is -0.476 e. The summed E-state index contributed by atoms with van der Waals surface area (Å²) in [6.45, 7) is 8.05. The van der Waals surface area contributed by atoms with Crippen LogP contribution in [0.5, 0.6) is 0 Å². The Hall–Kier alpha value is -2.94. The van der Waals surface area contributed by atoms with Crippen molar-refractivity contribution in [1.82, 2.24) is 15.6 Å². The molecular formula is C23H31N3O5S. The molecule has 0 spiro atoms. The van der Waals surface area contributed by atoms with Gasteiger partial charge in [-0.15, -0.1) is 11.3 Å². The quantitative estimate of drug-likeness (QED) is 0.457. The van der Waals surface area contributed by atoms with Crippen LogP contribution in [0.4, 0.5) is 4.79 Å². The van der Waals surface area contributed by atoms with Crippen molar-refractivity contribution in [2.24, 2.45) is 11.8 Å². The van der Waals surface area contributed by atoms with Gasteiger partial charge in [0.15, 0.2) is 5.69 Å². The van der Waals surface area contributed by atoms with Gasteiger partial charge in [0.05, 0.1) is 6.04 Å². The van der Waals surface area contributed by atoms with Crippen LogP contribution in [-0.4, -0.2) is 34.1 Å². The van der Waals surface area contributed by atoms with Gasteiger partial charge in [0.1, 0.15) is 17.7 Å². The molecule has 8 nitrogen and oxygen atoms in total. The normalized spacial score (nSPS) is 12.9. The van der Waals surface area contributed by atoms with E-state index in [0.29, 0.717) is 17.8 Å². The summed E-state index contributed by atoms with van der Waals surface area (Å²) in [6, 6.07) is 8.05. The number of nitrogens with one attached hydrogen (secondary N) is 2. The lowest BCUT2D eigenvalue weighted by molar-refractivity contribution is -0.124. The van der Waals surface area contributed by atoms with Crippen LogP contribution in [0.3, 0.4) is 0 Å². The van der Waals surface area contributed by atoms with Crippen LogP contribution in [-0.2, 0) is 16.1 Å². The Morgan fingerprint density at radius 1 is 1.03 bits per heavy atom. The van der Waals surface area contributed by atoms with E-state index in [2.05, 4.69) is 15.6 Å². The Kier molecular flexibility index (Phi) is 9.64. The van der Waals surface area contributed by atoms with Crippen LogP contribution in [0.15, 0.2) is 35.7 Å². The molecule has 1 aromatic carbocycles. The number of alkyl carbamates (subject to hydrolysis) is 1. The summed E-state index contributed by atoms with van der Waals surface area (Å²) in [6.07, 6.45) is 0.349. The van der Waals surface area contributed by atoms with Gasteiger partial charge < -0.3 is 20.5 Å². The number of ether oxygens (including phenoxy) is 1. The predicted octanol–water partition coefficient (Wildman–Crippen LogP) is 4.39. The number of aromatic nitrogens is 1. The Morgan fingerprint density at radius 2 is 1.69 bits per heavy atom. The summed E-state index contributed by atoms with van der Waals surface area (Å²) in [4.78, 5) is 40.8. The van der Waals surface area contributed by atoms with Crippen LogP contribution in [0.25, 0.3) is 0 Å². The predicted molar refractivity (Wildman–Crippen MR) is 122 cm³/mol. The molecule has 2 amide bonds. The molecule has 2 atom stereocenters. The number of carbonyl (C=O) groups is 3. The molecule has 174 valence electrons. The number of hydrogen-bond acceptors (Lipinski definition) is 6. The van der Waals surface area contributed by atoms with Crippen molar-refractivity contribution in [1.29, 1.82) is 0 Å². The maximum Gasteiger partial charge on any atom is 0.408 e. The highest BCUT2D eigenvalue weighted by Gasteiger charge is 2.27. The summed E-state index contributed by atoms with van der Waals surface area (Å²) in [5, 5.41) is 16.8. The number of hydrogen-bond donors (Lipinski definition) is 3. The molecule has 2 rings (SSSR count). The molecule has 0 saturated heterocycles. The van der Waals surface area contributed by atoms with Crippen molar-refractivity contribution >= 4 is 29.3 Å². The van der Waals surface area contributed by atoms with E-state index in [1.165, 1.54) is 16.7 Å². The highest BCUT2D eigenvalue weighted by Crippen LogP contribution is 2.25. The van der Waals surface area contributed by atoms with Gasteiger partial charge in [-0.3, -0.25) is 4.79 Å². The standard InChI is InChI=1S/C23H31N3O5S/c1-14(2)10-17(26-23(30)31-12-16-8-6-5-7-9-16)20(27)24-18(11-15(3)4)21-25-19(13-32-21)22(28)29/h5-9,13-15,17-18H,10-12H2,1-4H3,(H,24,27)(H,26,30)(H,28,29). The van der Waals surface area contributed by atoms with Crippen molar-refractivity contribution in [2.75, 3.05) is 0 Å². The topological polar surface area (TPSA) is 118 Å². The minimum absolute atomic E-state index is 0.0469. The van der Waals surface area contributed by atoms with Gasteiger partial charge in [-0.25, -0.2) is 14.6 Å². The van der Waals surface area contributed by atoms with Gasteiger partial charge >= 0.3 is 12.1 Å². The molecule has 0 fully saturated rings. The van der Waals surface area contributed by atoms with Crippen LogP contribution >= 0.6 is 11.3 Å². The fourth-order valence-corrected chi connectivity index (χ4v) is 3.98. The van der Waals surface area contributed by atoms with Crippen LogP contribution in [0, 0.1) is 11.8 Å².